The van der Waals surface area contributed by atoms with Gasteiger partial charge in [0.2, 0.25) is 21.7 Å². The Hall–Kier alpha value is -4.19. The van der Waals surface area contributed by atoms with Crippen LogP contribution in [-0.2, 0) is 16.6 Å². The molecule has 2 aromatic carbocycles. The zero-order valence-corrected chi connectivity index (χ0v) is 21.4. The standard InChI is InChI=1S/C24H28N6O5S/c1-30(36(5,31)32)18-9-7-6-8-15(18)14-26-23-17-10-11-25-22(17)28-24(29-23)27-16-12-19(33-2)21(35-4)20(13-16)34-3/h6-13H,14H2,1-5H3,(H3,25,26,27,28,29). The van der Waals surface area contributed by atoms with Gasteiger partial charge in [0.15, 0.2) is 11.5 Å². The Morgan fingerprint density at radius 2 is 1.69 bits per heavy atom. The largest absolute Gasteiger partial charge is 0.493 e. The highest BCUT2D eigenvalue weighted by Crippen LogP contribution is 2.40. The van der Waals surface area contributed by atoms with Gasteiger partial charge in [0, 0.05) is 37.6 Å². The van der Waals surface area contributed by atoms with Gasteiger partial charge in [0.1, 0.15) is 11.5 Å². The molecule has 0 saturated heterocycles. The number of fused-ring (bicyclic) bond motifs is 1. The minimum atomic E-state index is -3.41. The summed E-state index contributed by atoms with van der Waals surface area (Å²) in [5.74, 6) is 2.37. The molecular weight excluding hydrogens is 484 g/mol. The van der Waals surface area contributed by atoms with Crippen LogP contribution in [0.4, 0.5) is 23.1 Å². The molecule has 36 heavy (non-hydrogen) atoms. The maximum Gasteiger partial charge on any atom is 0.232 e. The summed E-state index contributed by atoms with van der Waals surface area (Å²) in [4.78, 5) is 12.3. The third-order valence-electron chi connectivity index (χ3n) is 5.61. The van der Waals surface area contributed by atoms with Crippen molar-refractivity contribution in [2.75, 3.05) is 49.6 Å². The average Bonchev–Trinajstić information content (AvgIpc) is 3.34. The molecule has 4 aromatic rings. The third kappa shape index (κ3) is 5.08. The number of hydrogen-bond donors (Lipinski definition) is 3. The van der Waals surface area contributed by atoms with Crippen LogP contribution in [0.25, 0.3) is 11.0 Å². The minimum absolute atomic E-state index is 0.336. The number of H-pyrrole nitrogens is 1. The first-order valence-electron chi connectivity index (χ1n) is 10.9. The number of nitrogens with zero attached hydrogens (tertiary/aromatic N) is 3. The number of benzene rings is 2. The Balaban J connectivity index is 1.65. The Morgan fingerprint density at radius 3 is 2.33 bits per heavy atom. The van der Waals surface area contributed by atoms with Crippen molar-refractivity contribution in [3.63, 3.8) is 0 Å². The van der Waals surface area contributed by atoms with Crippen LogP contribution in [0.1, 0.15) is 5.56 Å². The molecule has 0 unspecified atom stereocenters. The van der Waals surface area contributed by atoms with Gasteiger partial charge in [-0.05, 0) is 17.7 Å². The number of aromatic amines is 1. The van der Waals surface area contributed by atoms with Gasteiger partial charge >= 0.3 is 0 Å². The first kappa shape index (κ1) is 24.9. The van der Waals surface area contributed by atoms with Gasteiger partial charge in [-0.15, -0.1) is 0 Å². The molecule has 2 heterocycles. The van der Waals surface area contributed by atoms with Gasteiger partial charge in [-0.25, -0.2) is 8.42 Å². The van der Waals surface area contributed by atoms with Crippen molar-refractivity contribution in [2.45, 2.75) is 6.54 Å². The summed E-state index contributed by atoms with van der Waals surface area (Å²) in [7, 11) is 2.75. The van der Waals surface area contributed by atoms with E-state index >= 15 is 0 Å². The monoisotopic (exact) mass is 512 g/mol. The molecule has 0 radical (unpaired) electrons. The molecule has 0 aliphatic rings. The molecule has 0 spiro atoms. The fourth-order valence-electron chi connectivity index (χ4n) is 3.74. The number of sulfonamides is 1. The quantitative estimate of drug-likeness (QED) is 0.291. The lowest BCUT2D eigenvalue weighted by molar-refractivity contribution is 0.324. The smallest absolute Gasteiger partial charge is 0.232 e. The molecule has 190 valence electrons. The highest BCUT2D eigenvalue weighted by Gasteiger charge is 2.17. The van der Waals surface area contributed by atoms with E-state index in [-0.39, 0.29) is 0 Å². The van der Waals surface area contributed by atoms with Crippen LogP contribution in [-0.4, -0.2) is 58.0 Å². The topological polar surface area (TPSA) is 131 Å². The van der Waals surface area contributed by atoms with Crippen molar-refractivity contribution >= 4 is 44.2 Å². The first-order valence-corrected chi connectivity index (χ1v) is 12.8. The third-order valence-corrected chi connectivity index (χ3v) is 6.80. The van der Waals surface area contributed by atoms with E-state index < -0.39 is 10.0 Å². The predicted octanol–water partition coefficient (Wildman–Crippen LogP) is 3.74. The molecular formula is C24H28N6O5S. The molecule has 3 N–H and O–H groups in total. The second-order valence-electron chi connectivity index (χ2n) is 7.89. The van der Waals surface area contributed by atoms with Gasteiger partial charge < -0.3 is 29.8 Å². The Morgan fingerprint density at radius 1 is 1.00 bits per heavy atom. The summed E-state index contributed by atoms with van der Waals surface area (Å²) >= 11 is 0. The average molecular weight is 513 g/mol. The van der Waals surface area contributed by atoms with Crippen LogP contribution < -0.4 is 29.1 Å². The number of methoxy groups -OCH3 is 3. The van der Waals surface area contributed by atoms with Gasteiger partial charge in [-0.2, -0.15) is 9.97 Å². The predicted molar refractivity (Wildman–Crippen MR) is 140 cm³/mol. The van der Waals surface area contributed by atoms with E-state index in [1.165, 1.54) is 17.6 Å². The summed E-state index contributed by atoms with van der Waals surface area (Å²) in [5.41, 5.74) is 2.65. The highest BCUT2D eigenvalue weighted by molar-refractivity contribution is 7.92. The van der Waals surface area contributed by atoms with Gasteiger partial charge in [0.25, 0.3) is 0 Å². The minimum Gasteiger partial charge on any atom is -0.493 e. The molecule has 0 atom stereocenters. The van der Waals surface area contributed by atoms with Crippen molar-refractivity contribution in [3.8, 4) is 17.2 Å². The Kier molecular flexibility index (Phi) is 7.06. The number of rotatable bonds is 10. The van der Waals surface area contributed by atoms with E-state index in [9.17, 15) is 8.42 Å². The van der Waals surface area contributed by atoms with Gasteiger partial charge in [-0.3, -0.25) is 4.31 Å². The lowest BCUT2D eigenvalue weighted by Crippen LogP contribution is -2.26. The molecule has 0 aliphatic heterocycles. The maximum absolute atomic E-state index is 12.1. The van der Waals surface area contributed by atoms with Crippen molar-refractivity contribution in [3.05, 3.63) is 54.2 Å². The van der Waals surface area contributed by atoms with Crippen molar-refractivity contribution in [2.24, 2.45) is 0 Å². The lowest BCUT2D eigenvalue weighted by atomic mass is 10.1. The van der Waals surface area contributed by atoms with E-state index in [4.69, 9.17) is 14.2 Å². The van der Waals surface area contributed by atoms with Gasteiger partial charge in [0.05, 0.1) is 38.7 Å². The molecule has 0 amide bonds. The van der Waals surface area contributed by atoms with Crippen molar-refractivity contribution in [1.29, 1.82) is 0 Å². The molecule has 0 fully saturated rings. The molecule has 0 bridgehead atoms. The fraction of sp³-hybridized carbons (Fsp3) is 0.250. The molecule has 11 nitrogen and oxygen atoms in total. The van der Waals surface area contributed by atoms with E-state index in [2.05, 4.69) is 25.6 Å². The highest BCUT2D eigenvalue weighted by atomic mass is 32.2. The normalized spacial score (nSPS) is 11.2. The molecule has 0 aliphatic carbocycles. The van der Waals surface area contributed by atoms with Gasteiger partial charge in [-0.1, -0.05) is 18.2 Å². The van der Waals surface area contributed by atoms with Crippen LogP contribution in [0, 0.1) is 0 Å². The van der Waals surface area contributed by atoms with Crippen LogP contribution in [0.15, 0.2) is 48.7 Å². The second kappa shape index (κ2) is 10.2. The van der Waals surface area contributed by atoms with Crippen LogP contribution in [0.5, 0.6) is 17.2 Å². The zero-order chi connectivity index (χ0) is 25.9. The second-order valence-corrected chi connectivity index (χ2v) is 9.90. The number of ether oxygens (including phenoxy) is 3. The number of hydrogen-bond acceptors (Lipinski definition) is 9. The van der Waals surface area contributed by atoms with Crippen LogP contribution in [0.3, 0.4) is 0 Å². The molecule has 0 saturated carbocycles. The molecule has 2 aromatic heterocycles. The lowest BCUT2D eigenvalue weighted by Gasteiger charge is -2.20. The summed E-state index contributed by atoms with van der Waals surface area (Å²) in [6.45, 7) is 0.344. The number of para-hydroxylation sites is 1. The summed E-state index contributed by atoms with van der Waals surface area (Å²) in [6.07, 6.45) is 2.95. The molecule has 4 rings (SSSR count). The first-order chi connectivity index (χ1) is 17.2. The van der Waals surface area contributed by atoms with Crippen LogP contribution in [0.2, 0.25) is 0 Å². The summed E-state index contributed by atoms with van der Waals surface area (Å²) < 4.78 is 41.7. The Labute approximate surface area is 209 Å². The van der Waals surface area contributed by atoms with Crippen molar-refractivity contribution < 1.29 is 22.6 Å². The number of aromatic nitrogens is 3. The van der Waals surface area contributed by atoms with E-state index in [0.717, 1.165) is 10.9 Å². The SMILES string of the molecule is COc1cc(Nc2nc(NCc3ccccc3N(C)S(C)(=O)=O)c3cc[nH]c3n2)cc(OC)c1OC. The summed E-state index contributed by atoms with van der Waals surface area (Å²) in [6, 6.07) is 12.7. The number of nitrogens with one attached hydrogen (secondary N) is 3. The Bertz CT molecular complexity index is 1460. The molecule has 12 heteroatoms. The zero-order valence-electron chi connectivity index (χ0n) is 20.6. The van der Waals surface area contributed by atoms with Crippen molar-refractivity contribution in [1.82, 2.24) is 15.0 Å². The summed E-state index contributed by atoms with van der Waals surface area (Å²) in [5, 5.41) is 7.30. The maximum atomic E-state index is 12.1. The number of anilines is 4. The van der Waals surface area contributed by atoms with Crippen LogP contribution >= 0.6 is 0 Å². The van der Waals surface area contributed by atoms with E-state index in [0.29, 0.717) is 52.6 Å². The fourth-order valence-corrected chi connectivity index (χ4v) is 4.27. The van der Waals surface area contributed by atoms with E-state index in [1.807, 2.05) is 18.2 Å². The van der Waals surface area contributed by atoms with E-state index in [1.54, 1.807) is 51.8 Å².